The molecule has 0 aliphatic carbocycles. The lowest BCUT2D eigenvalue weighted by Gasteiger charge is -2.14. The molecule has 0 radical (unpaired) electrons. The largest absolute Gasteiger partial charge is 0.433 e. The minimum Gasteiger partial charge on any atom is -0.433 e. The van der Waals surface area contributed by atoms with E-state index in [1.807, 2.05) is 0 Å². The lowest BCUT2D eigenvalue weighted by Crippen LogP contribution is -2.19. The first-order chi connectivity index (χ1) is 13.6. The predicted molar refractivity (Wildman–Crippen MR) is 101 cm³/mol. The van der Waals surface area contributed by atoms with E-state index in [0.717, 1.165) is 0 Å². The van der Waals surface area contributed by atoms with Crippen LogP contribution in [0.5, 0.6) is 5.75 Å². The van der Waals surface area contributed by atoms with E-state index in [4.69, 9.17) is 0 Å². The number of rotatable bonds is 7. The standard InChI is InChI=1S/C18H19F2N5O3S/c1-18(19,20)28-14-6-4-5-12(10-14)9-13-7-8-15(29(26,27)21-2)11-16(13)17-22-24-25(3)23-17/h4-8,10-11,21H,9H2,1-3H3. The summed E-state index contributed by atoms with van der Waals surface area (Å²) in [5.74, 6) is 0.284. The van der Waals surface area contributed by atoms with Gasteiger partial charge in [0.2, 0.25) is 15.8 Å². The summed E-state index contributed by atoms with van der Waals surface area (Å²) in [6.45, 7) is 0.665. The van der Waals surface area contributed by atoms with Gasteiger partial charge < -0.3 is 4.74 Å². The van der Waals surface area contributed by atoms with Gasteiger partial charge >= 0.3 is 6.11 Å². The molecule has 8 nitrogen and oxygen atoms in total. The van der Waals surface area contributed by atoms with Crippen molar-refractivity contribution in [2.75, 3.05) is 7.05 Å². The Morgan fingerprint density at radius 3 is 2.59 bits per heavy atom. The van der Waals surface area contributed by atoms with Gasteiger partial charge in [-0.05, 0) is 54.1 Å². The Kier molecular flexibility index (Phi) is 5.62. The van der Waals surface area contributed by atoms with Crippen LogP contribution >= 0.6 is 0 Å². The molecule has 0 amide bonds. The summed E-state index contributed by atoms with van der Waals surface area (Å²) in [5.41, 5.74) is 1.87. The van der Waals surface area contributed by atoms with E-state index in [9.17, 15) is 17.2 Å². The topological polar surface area (TPSA) is 99.0 Å². The number of aryl methyl sites for hydroxylation is 1. The fraction of sp³-hybridized carbons (Fsp3) is 0.278. The molecule has 0 fully saturated rings. The molecular formula is C18H19F2N5O3S. The summed E-state index contributed by atoms with van der Waals surface area (Å²) in [6, 6.07) is 10.9. The number of hydrogen-bond acceptors (Lipinski definition) is 6. The zero-order valence-electron chi connectivity index (χ0n) is 15.9. The van der Waals surface area contributed by atoms with Crippen molar-refractivity contribution in [2.24, 2.45) is 7.05 Å². The third kappa shape index (κ3) is 5.12. The summed E-state index contributed by atoms with van der Waals surface area (Å²) >= 11 is 0. The van der Waals surface area contributed by atoms with Crippen LogP contribution in [0.2, 0.25) is 0 Å². The van der Waals surface area contributed by atoms with Crippen LogP contribution in [-0.2, 0) is 23.5 Å². The first-order valence-corrected chi connectivity index (χ1v) is 10.0. The molecule has 0 bridgehead atoms. The van der Waals surface area contributed by atoms with Gasteiger partial charge in [0.1, 0.15) is 5.75 Å². The highest BCUT2D eigenvalue weighted by Crippen LogP contribution is 2.28. The SMILES string of the molecule is CNS(=O)(=O)c1ccc(Cc2cccc(OC(C)(F)F)c2)c(-c2nnn(C)n2)c1. The van der Waals surface area contributed by atoms with Crippen molar-refractivity contribution in [3.8, 4) is 17.1 Å². The smallest absolute Gasteiger partial charge is 0.394 e. The van der Waals surface area contributed by atoms with Crippen LogP contribution in [0.15, 0.2) is 47.4 Å². The van der Waals surface area contributed by atoms with Gasteiger partial charge in [-0.3, -0.25) is 0 Å². The zero-order chi connectivity index (χ0) is 21.2. The van der Waals surface area contributed by atoms with Gasteiger partial charge in [0.25, 0.3) is 0 Å². The fourth-order valence-electron chi connectivity index (χ4n) is 2.74. The molecule has 0 unspecified atom stereocenters. The van der Waals surface area contributed by atoms with E-state index in [-0.39, 0.29) is 16.5 Å². The maximum Gasteiger partial charge on any atom is 0.394 e. The molecule has 1 heterocycles. The van der Waals surface area contributed by atoms with E-state index in [1.54, 1.807) is 25.2 Å². The predicted octanol–water partition coefficient (Wildman–Crippen LogP) is 2.37. The van der Waals surface area contributed by atoms with Crippen LogP contribution in [0.25, 0.3) is 11.4 Å². The molecule has 3 rings (SSSR count). The van der Waals surface area contributed by atoms with Crippen LogP contribution in [-0.4, -0.2) is 41.8 Å². The van der Waals surface area contributed by atoms with E-state index >= 15 is 0 Å². The third-order valence-electron chi connectivity index (χ3n) is 4.00. The highest BCUT2D eigenvalue weighted by atomic mass is 32.2. The Morgan fingerprint density at radius 2 is 1.97 bits per heavy atom. The van der Waals surface area contributed by atoms with Crippen LogP contribution in [0.4, 0.5) is 8.78 Å². The zero-order valence-corrected chi connectivity index (χ0v) is 16.7. The average molecular weight is 423 g/mol. The number of ether oxygens (including phenoxy) is 1. The van der Waals surface area contributed by atoms with E-state index in [1.165, 1.54) is 36.1 Å². The molecule has 3 aromatic rings. The first-order valence-electron chi connectivity index (χ1n) is 8.54. The molecule has 0 saturated carbocycles. The lowest BCUT2D eigenvalue weighted by atomic mass is 9.99. The van der Waals surface area contributed by atoms with Gasteiger partial charge in [-0.15, -0.1) is 10.2 Å². The van der Waals surface area contributed by atoms with Crippen molar-refractivity contribution in [2.45, 2.75) is 24.3 Å². The summed E-state index contributed by atoms with van der Waals surface area (Å²) in [7, 11) is -0.763. The second kappa shape index (κ2) is 7.84. The van der Waals surface area contributed by atoms with Crippen molar-refractivity contribution >= 4 is 10.0 Å². The Bertz CT molecular complexity index is 1130. The normalized spacial score (nSPS) is 12.2. The summed E-state index contributed by atoms with van der Waals surface area (Å²) in [4.78, 5) is 1.31. The number of aromatic nitrogens is 4. The summed E-state index contributed by atoms with van der Waals surface area (Å²) in [6.07, 6.45) is -2.98. The number of alkyl halides is 2. The Morgan fingerprint density at radius 1 is 1.21 bits per heavy atom. The first kappa shape index (κ1) is 20.8. The van der Waals surface area contributed by atoms with Gasteiger partial charge in [0.15, 0.2) is 0 Å². The molecule has 1 aromatic heterocycles. The number of sulfonamides is 1. The molecule has 154 valence electrons. The molecule has 1 N–H and O–H groups in total. The van der Waals surface area contributed by atoms with Crippen LogP contribution in [0.3, 0.4) is 0 Å². The van der Waals surface area contributed by atoms with E-state index in [2.05, 4.69) is 24.9 Å². The minimum absolute atomic E-state index is 0.0311. The van der Waals surface area contributed by atoms with Crippen molar-refractivity contribution < 1.29 is 21.9 Å². The molecule has 29 heavy (non-hydrogen) atoms. The van der Waals surface area contributed by atoms with Crippen LogP contribution in [0.1, 0.15) is 18.1 Å². The van der Waals surface area contributed by atoms with Crippen molar-refractivity contribution in [3.05, 3.63) is 53.6 Å². The van der Waals surface area contributed by atoms with Crippen molar-refractivity contribution in [1.29, 1.82) is 0 Å². The Balaban J connectivity index is 2.02. The highest BCUT2D eigenvalue weighted by Gasteiger charge is 2.23. The van der Waals surface area contributed by atoms with Gasteiger partial charge in [0.05, 0.1) is 11.9 Å². The molecule has 2 aromatic carbocycles. The van der Waals surface area contributed by atoms with Gasteiger partial charge in [-0.2, -0.15) is 13.6 Å². The maximum atomic E-state index is 13.1. The second-order valence-corrected chi connectivity index (χ2v) is 8.25. The second-order valence-electron chi connectivity index (χ2n) is 6.36. The van der Waals surface area contributed by atoms with Crippen molar-refractivity contribution in [1.82, 2.24) is 24.9 Å². The van der Waals surface area contributed by atoms with Crippen LogP contribution in [0, 0.1) is 0 Å². The minimum atomic E-state index is -3.67. The third-order valence-corrected chi connectivity index (χ3v) is 5.41. The number of hydrogen-bond donors (Lipinski definition) is 1. The molecular weight excluding hydrogens is 404 g/mol. The number of nitrogens with zero attached hydrogens (tertiary/aromatic N) is 4. The lowest BCUT2D eigenvalue weighted by molar-refractivity contribution is -0.158. The quantitative estimate of drug-likeness (QED) is 0.626. The maximum absolute atomic E-state index is 13.1. The summed E-state index contributed by atoms with van der Waals surface area (Å²) < 4.78 is 57.5. The molecule has 0 saturated heterocycles. The molecule has 0 atom stereocenters. The van der Waals surface area contributed by atoms with Crippen molar-refractivity contribution in [3.63, 3.8) is 0 Å². The van der Waals surface area contributed by atoms with Gasteiger partial charge in [-0.25, -0.2) is 13.1 Å². The molecule has 0 spiro atoms. The monoisotopic (exact) mass is 423 g/mol. The highest BCUT2D eigenvalue weighted by molar-refractivity contribution is 7.89. The number of benzene rings is 2. The number of tetrazole rings is 1. The van der Waals surface area contributed by atoms with E-state index < -0.39 is 16.1 Å². The van der Waals surface area contributed by atoms with Gasteiger partial charge in [-0.1, -0.05) is 18.2 Å². The summed E-state index contributed by atoms with van der Waals surface area (Å²) in [5, 5.41) is 11.9. The van der Waals surface area contributed by atoms with Crippen LogP contribution < -0.4 is 9.46 Å². The van der Waals surface area contributed by atoms with E-state index in [0.29, 0.717) is 30.0 Å². The fourth-order valence-corrected chi connectivity index (χ4v) is 3.50. The Hall–Kier alpha value is -2.92. The Labute approximate surface area is 166 Å². The molecule has 0 aliphatic rings. The average Bonchev–Trinajstić information content (AvgIpc) is 3.07. The molecule has 0 aliphatic heterocycles. The molecule has 11 heteroatoms. The number of nitrogens with one attached hydrogen (secondary N) is 1. The van der Waals surface area contributed by atoms with Gasteiger partial charge in [0, 0.05) is 12.5 Å². The number of halogens is 2.